The molecule has 1 aromatic carbocycles. The normalized spacial score (nSPS) is 19.4. The molecule has 0 radical (unpaired) electrons. The summed E-state index contributed by atoms with van der Waals surface area (Å²) in [6, 6.07) is 6.67. The molecule has 1 aromatic rings. The highest BCUT2D eigenvalue weighted by Gasteiger charge is 2.37. The lowest BCUT2D eigenvalue weighted by molar-refractivity contribution is -0.127. The Morgan fingerprint density at radius 1 is 1.27 bits per heavy atom. The molecule has 1 heterocycles. The van der Waals surface area contributed by atoms with E-state index >= 15 is 0 Å². The van der Waals surface area contributed by atoms with Crippen LogP contribution in [0.2, 0.25) is 0 Å². The van der Waals surface area contributed by atoms with Crippen LogP contribution in [0.15, 0.2) is 24.3 Å². The summed E-state index contributed by atoms with van der Waals surface area (Å²) < 4.78 is 0. The number of carbonyl (C=O) groups excluding carboxylic acids is 3. The van der Waals surface area contributed by atoms with E-state index in [4.69, 9.17) is 0 Å². The Morgan fingerprint density at radius 2 is 1.93 bits per heavy atom. The minimum atomic E-state index is -1.18. The summed E-state index contributed by atoms with van der Waals surface area (Å²) in [5, 5.41) is 2.54. The van der Waals surface area contributed by atoms with Crippen LogP contribution >= 0.6 is 0 Å². The zero-order valence-electron chi connectivity index (χ0n) is 8.11. The predicted octanol–water partition coefficient (Wildman–Crippen LogP) is 1.03. The molecule has 15 heavy (non-hydrogen) atoms. The Morgan fingerprint density at radius 3 is 2.60 bits per heavy atom. The van der Waals surface area contributed by atoms with E-state index in [0.29, 0.717) is 11.3 Å². The van der Waals surface area contributed by atoms with Crippen molar-refractivity contribution in [1.29, 1.82) is 0 Å². The molecule has 0 fully saturated rings. The molecule has 1 unspecified atom stereocenters. The second-order valence-corrected chi connectivity index (χ2v) is 3.44. The van der Waals surface area contributed by atoms with Crippen molar-refractivity contribution in [1.82, 2.24) is 0 Å². The van der Waals surface area contributed by atoms with Gasteiger partial charge in [0, 0.05) is 5.56 Å². The van der Waals surface area contributed by atoms with Gasteiger partial charge in [0.15, 0.2) is 11.7 Å². The number of hydrogen-bond acceptors (Lipinski definition) is 3. The zero-order chi connectivity index (χ0) is 11.0. The summed E-state index contributed by atoms with van der Waals surface area (Å²) in [6.07, 6.45) is 0. The molecule has 1 aliphatic heterocycles. The highest BCUT2D eigenvalue weighted by molar-refractivity contribution is 6.30. The van der Waals surface area contributed by atoms with E-state index in [1.807, 2.05) is 0 Å². The molecule has 4 nitrogen and oxygen atoms in total. The van der Waals surface area contributed by atoms with Crippen LogP contribution in [-0.4, -0.2) is 17.5 Å². The van der Waals surface area contributed by atoms with Crippen molar-refractivity contribution in [3.8, 4) is 0 Å². The monoisotopic (exact) mass is 203 g/mol. The summed E-state index contributed by atoms with van der Waals surface area (Å²) >= 11 is 0. The standard InChI is InChI=1S/C11H9NO3/c1-6(13)9-10(14)7-4-2-3-5-8(7)12-11(9)15/h2-5,9H,1H3,(H,12,15). The van der Waals surface area contributed by atoms with E-state index in [9.17, 15) is 14.4 Å². The molecule has 0 saturated heterocycles. The fourth-order valence-electron chi connectivity index (χ4n) is 1.66. The summed E-state index contributed by atoms with van der Waals surface area (Å²) in [5.74, 6) is -2.56. The van der Waals surface area contributed by atoms with Crippen molar-refractivity contribution < 1.29 is 14.4 Å². The first kappa shape index (κ1) is 9.58. The van der Waals surface area contributed by atoms with Crippen molar-refractivity contribution in [3.05, 3.63) is 29.8 Å². The molecule has 1 atom stereocenters. The quantitative estimate of drug-likeness (QED) is 0.693. The number of benzene rings is 1. The summed E-state index contributed by atoms with van der Waals surface area (Å²) in [7, 11) is 0. The topological polar surface area (TPSA) is 63.2 Å². The molecule has 0 aliphatic carbocycles. The third kappa shape index (κ3) is 1.44. The van der Waals surface area contributed by atoms with Gasteiger partial charge in [-0.1, -0.05) is 12.1 Å². The Labute approximate surface area is 86.3 Å². The van der Waals surface area contributed by atoms with Gasteiger partial charge in [-0.25, -0.2) is 0 Å². The molecule has 2 rings (SSSR count). The third-order valence-corrected chi connectivity index (χ3v) is 2.38. The lowest BCUT2D eigenvalue weighted by Gasteiger charge is -2.21. The predicted molar refractivity (Wildman–Crippen MR) is 53.6 cm³/mol. The average Bonchev–Trinajstić information content (AvgIpc) is 2.17. The second-order valence-electron chi connectivity index (χ2n) is 3.44. The van der Waals surface area contributed by atoms with E-state index in [-0.39, 0.29) is 0 Å². The van der Waals surface area contributed by atoms with Gasteiger partial charge in [-0.2, -0.15) is 0 Å². The molecular weight excluding hydrogens is 194 g/mol. The number of nitrogens with one attached hydrogen (secondary N) is 1. The number of anilines is 1. The number of ketones is 2. The van der Waals surface area contributed by atoms with E-state index in [1.165, 1.54) is 6.92 Å². The van der Waals surface area contributed by atoms with Crippen LogP contribution in [0.4, 0.5) is 5.69 Å². The lowest BCUT2D eigenvalue weighted by atomic mass is 9.89. The van der Waals surface area contributed by atoms with Gasteiger partial charge in [-0.05, 0) is 19.1 Å². The molecule has 0 saturated carbocycles. The number of amides is 1. The molecular formula is C11H9NO3. The first-order valence-electron chi connectivity index (χ1n) is 4.56. The molecule has 0 spiro atoms. The van der Waals surface area contributed by atoms with Crippen molar-refractivity contribution >= 4 is 23.2 Å². The number of hydrogen-bond donors (Lipinski definition) is 1. The van der Waals surface area contributed by atoms with Crippen LogP contribution in [-0.2, 0) is 9.59 Å². The number of carbonyl (C=O) groups is 3. The van der Waals surface area contributed by atoms with Crippen LogP contribution in [0.25, 0.3) is 0 Å². The third-order valence-electron chi connectivity index (χ3n) is 2.38. The minimum Gasteiger partial charge on any atom is -0.324 e. The van der Waals surface area contributed by atoms with Crippen molar-refractivity contribution in [2.24, 2.45) is 5.92 Å². The largest absolute Gasteiger partial charge is 0.324 e. The minimum absolute atomic E-state index is 0.400. The second kappa shape index (κ2) is 3.31. The van der Waals surface area contributed by atoms with Crippen LogP contribution in [0.3, 0.4) is 0 Å². The molecule has 4 heteroatoms. The number of para-hydroxylation sites is 1. The van der Waals surface area contributed by atoms with E-state index < -0.39 is 23.4 Å². The van der Waals surface area contributed by atoms with E-state index in [2.05, 4.69) is 5.32 Å². The van der Waals surface area contributed by atoms with Crippen molar-refractivity contribution in [2.45, 2.75) is 6.92 Å². The van der Waals surface area contributed by atoms with Gasteiger partial charge in [0.2, 0.25) is 5.91 Å². The highest BCUT2D eigenvalue weighted by atomic mass is 16.2. The Kier molecular flexibility index (Phi) is 2.11. The van der Waals surface area contributed by atoms with Crippen LogP contribution in [0.1, 0.15) is 17.3 Å². The molecule has 1 amide bonds. The van der Waals surface area contributed by atoms with Gasteiger partial charge in [0.1, 0.15) is 5.78 Å². The lowest BCUT2D eigenvalue weighted by Crippen LogP contribution is -2.39. The Balaban J connectivity index is 2.52. The number of Topliss-reactive ketones (excluding diaryl/α,β-unsaturated/α-hetero) is 2. The summed E-state index contributed by atoms with van der Waals surface area (Å²) in [5.41, 5.74) is 0.877. The van der Waals surface area contributed by atoms with Gasteiger partial charge < -0.3 is 5.32 Å². The SMILES string of the molecule is CC(=O)C1C(=O)Nc2ccccc2C1=O. The van der Waals surface area contributed by atoms with Gasteiger partial charge in [0.25, 0.3) is 0 Å². The van der Waals surface area contributed by atoms with Crippen molar-refractivity contribution in [2.75, 3.05) is 5.32 Å². The fourth-order valence-corrected chi connectivity index (χ4v) is 1.66. The average molecular weight is 203 g/mol. The maximum Gasteiger partial charge on any atom is 0.242 e. The summed E-state index contributed by atoms with van der Waals surface area (Å²) in [4.78, 5) is 34.4. The van der Waals surface area contributed by atoms with Gasteiger partial charge in [-0.15, -0.1) is 0 Å². The van der Waals surface area contributed by atoms with Gasteiger partial charge >= 0.3 is 0 Å². The first-order valence-corrected chi connectivity index (χ1v) is 4.56. The molecule has 1 aliphatic rings. The molecule has 76 valence electrons. The van der Waals surface area contributed by atoms with Crippen LogP contribution < -0.4 is 5.32 Å². The van der Waals surface area contributed by atoms with E-state index in [0.717, 1.165) is 0 Å². The first-order chi connectivity index (χ1) is 7.11. The van der Waals surface area contributed by atoms with Crippen LogP contribution in [0, 0.1) is 5.92 Å². The maximum absolute atomic E-state index is 11.8. The zero-order valence-corrected chi connectivity index (χ0v) is 8.11. The van der Waals surface area contributed by atoms with Gasteiger partial charge in [-0.3, -0.25) is 14.4 Å². The Bertz CT molecular complexity index is 465. The smallest absolute Gasteiger partial charge is 0.242 e. The molecule has 1 N–H and O–H groups in total. The van der Waals surface area contributed by atoms with Gasteiger partial charge in [0.05, 0.1) is 5.69 Å². The van der Waals surface area contributed by atoms with E-state index in [1.54, 1.807) is 24.3 Å². The fraction of sp³-hybridized carbons (Fsp3) is 0.182. The Hall–Kier alpha value is -1.97. The highest BCUT2D eigenvalue weighted by Crippen LogP contribution is 2.25. The number of rotatable bonds is 1. The number of fused-ring (bicyclic) bond motifs is 1. The maximum atomic E-state index is 11.8. The van der Waals surface area contributed by atoms with Crippen molar-refractivity contribution in [3.63, 3.8) is 0 Å². The molecule has 0 bridgehead atoms. The molecule has 0 aromatic heterocycles. The van der Waals surface area contributed by atoms with Crippen LogP contribution in [0.5, 0.6) is 0 Å². The summed E-state index contributed by atoms with van der Waals surface area (Å²) in [6.45, 7) is 1.25.